The zero-order valence-corrected chi connectivity index (χ0v) is 15.3. The molecule has 0 spiro atoms. The van der Waals surface area contributed by atoms with Crippen LogP contribution >= 0.6 is 0 Å². The third kappa shape index (κ3) is 3.57. The molecule has 0 saturated carbocycles. The summed E-state index contributed by atoms with van der Waals surface area (Å²) in [5.74, 6) is 0.514. The molecular weight excluding hydrogens is 342 g/mol. The number of nitrogens with zero attached hydrogens (tertiary/aromatic N) is 5. The molecule has 1 atom stereocenters. The van der Waals surface area contributed by atoms with Gasteiger partial charge in [-0.05, 0) is 18.6 Å². The molecule has 0 aliphatic carbocycles. The zero-order valence-electron chi connectivity index (χ0n) is 14.5. The van der Waals surface area contributed by atoms with Crippen molar-refractivity contribution in [2.75, 3.05) is 31.3 Å². The zero-order chi connectivity index (χ0) is 18.2. The molecule has 1 aliphatic rings. The second-order valence-electron chi connectivity index (χ2n) is 6.25. The van der Waals surface area contributed by atoms with Crippen molar-refractivity contribution >= 4 is 16.0 Å². The number of hydrogen-bond donors (Lipinski definition) is 0. The molecule has 3 rings (SSSR count). The maximum absolute atomic E-state index is 12.4. The molecule has 3 heterocycles. The standard InChI is InChI=1S/C16H21N5O3S/c1-19(13-6-9-21(11-13)25(3,23)24)16-18-14(10-15(22)20(16)2)12-4-7-17-8-5-12/h4-5,7-8,10,13H,6,9,11H2,1-3H3. The Morgan fingerprint density at radius 3 is 2.56 bits per heavy atom. The molecule has 0 N–H and O–H groups in total. The van der Waals surface area contributed by atoms with E-state index in [2.05, 4.69) is 9.97 Å². The smallest absolute Gasteiger partial charge is 0.255 e. The summed E-state index contributed by atoms with van der Waals surface area (Å²) < 4.78 is 26.4. The van der Waals surface area contributed by atoms with Gasteiger partial charge in [0.1, 0.15) is 0 Å². The summed E-state index contributed by atoms with van der Waals surface area (Å²) in [7, 11) is 0.299. The van der Waals surface area contributed by atoms with E-state index in [1.807, 2.05) is 11.9 Å². The largest absolute Gasteiger partial charge is 0.341 e. The highest BCUT2D eigenvalue weighted by molar-refractivity contribution is 7.88. The van der Waals surface area contributed by atoms with E-state index in [-0.39, 0.29) is 11.6 Å². The minimum atomic E-state index is -3.21. The number of rotatable bonds is 4. The minimum absolute atomic E-state index is 0.0273. The Kier molecular flexibility index (Phi) is 4.61. The van der Waals surface area contributed by atoms with Crippen LogP contribution in [0.2, 0.25) is 0 Å². The monoisotopic (exact) mass is 363 g/mol. The van der Waals surface area contributed by atoms with Crippen LogP contribution < -0.4 is 10.5 Å². The predicted octanol–water partition coefficient (Wildman–Crippen LogP) is 0.312. The van der Waals surface area contributed by atoms with Crippen LogP contribution in [0.4, 0.5) is 5.95 Å². The number of aromatic nitrogens is 3. The Labute approximate surface area is 146 Å². The van der Waals surface area contributed by atoms with E-state index in [0.717, 1.165) is 5.56 Å². The van der Waals surface area contributed by atoms with Gasteiger partial charge in [0.2, 0.25) is 16.0 Å². The Bertz CT molecular complexity index is 927. The molecule has 1 fully saturated rings. The van der Waals surface area contributed by atoms with Crippen LogP contribution in [0.1, 0.15) is 6.42 Å². The Balaban J connectivity index is 1.94. The summed E-state index contributed by atoms with van der Waals surface area (Å²) in [5.41, 5.74) is 1.22. The second kappa shape index (κ2) is 6.57. The van der Waals surface area contributed by atoms with Gasteiger partial charge in [-0.2, -0.15) is 0 Å². The van der Waals surface area contributed by atoms with E-state index < -0.39 is 10.0 Å². The average Bonchev–Trinajstić information content (AvgIpc) is 3.08. The maximum Gasteiger partial charge on any atom is 0.255 e. The minimum Gasteiger partial charge on any atom is -0.341 e. The van der Waals surface area contributed by atoms with Crippen molar-refractivity contribution in [2.24, 2.45) is 7.05 Å². The van der Waals surface area contributed by atoms with Gasteiger partial charge < -0.3 is 4.90 Å². The van der Waals surface area contributed by atoms with Crippen molar-refractivity contribution in [2.45, 2.75) is 12.5 Å². The van der Waals surface area contributed by atoms with Crippen LogP contribution in [0.5, 0.6) is 0 Å². The van der Waals surface area contributed by atoms with Crippen molar-refractivity contribution in [1.29, 1.82) is 0 Å². The molecule has 0 bridgehead atoms. The van der Waals surface area contributed by atoms with E-state index in [4.69, 9.17) is 0 Å². The molecule has 0 amide bonds. The third-order valence-corrected chi connectivity index (χ3v) is 5.82. The van der Waals surface area contributed by atoms with Crippen molar-refractivity contribution < 1.29 is 8.42 Å². The first-order valence-electron chi connectivity index (χ1n) is 7.94. The molecule has 2 aromatic rings. The summed E-state index contributed by atoms with van der Waals surface area (Å²) >= 11 is 0. The quantitative estimate of drug-likeness (QED) is 0.777. The SMILES string of the molecule is CN(c1nc(-c2ccncc2)cc(=O)n1C)C1CCN(S(C)(=O)=O)C1. The molecule has 134 valence electrons. The molecule has 2 aromatic heterocycles. The van der Waals surface area contributed by atoms with E-state index in [0.29, 0.717) is 31.2 Å². The van der Waals surface area contributed by atoms with Crippen molar-refractivity contribution in [1.82, 2.24) is 18.8 Å². The van der Waals surface area contributed by atoms with Gasteiger partial charge in [0.25, 0.3) is 5.56 Å². The molecule has 9 heteroatoms. The lowest BCUT2D eigenvalue weighted by atomic mass is 10.2. The summed E-state index contributed by atoms with van der Waals surface area (Å²) in [6.07, 6.45) is 5.21. The Morgan fingerprint density at radius 1 is 1.28 bits per heavy atom. The fourth-order valence-corrected chi connectivity index (χ4v) is 3.88. The first kappa shape index (κ1) is 17.6. The van der Waals surface area contributed by atoms with Crippen LogP contribution in [0.3, 0.4) is 0 Å². The van der Waals surface area contributed by atoms with E-state index in [1.165, 1.54) is 21.2 Å². The lowest BCUT2D eigenvalue weighted by Gasteiger charge is -2.27. The lowest BCUT2D eigenvalue weighted by Crippen LogP contribution is -2.39. The number of anilines is 1. The van der Waals surface area contributed by atoms with Crippen molar-refractivity contribution in [3.05, 3.63) is 40.9 Å². The van der Waals surface area contributed by atoms with Gasteiger partial charge in [0.05, 0.1) is 11.9 Å². The van der Waals surface area contributed by atoms with Gasteiger partial charge >= 0.3 is 0 Å². The summed E-state index contributed by atoms with van der Waals surface area (Å²) in [5, 5.41) is 0. The molecule has 0 aromatic carbocycles. The van der Waals surface area contributed by atoms with Gasteiger partial charge in [-0.3, -0.25) is 14.3 Å². The highest BCUT2D eigenvalue weighted by Gasteiger charge is 2.32. The van der Waals surface area contributed by atoms with E-state index in [9.17, 15) is 13.2 Å². The van der Waals surface area contributed by atoms with E-state index >= 15 is 0 Å². The second-order valence-corrected chi connectivity index (χ2v) is 8.23. The van der Waals surface area contributed by atoms with Crippen LogP contribution in [0.25, 0.3) is 11.3 Å². The number of sulfonamides is 1. The van der Waals surface area contributed by atoms with Gasteiger partial charge in [-0.15, -0.1) is 0 Å². The van der Waals surface area contributed by atoms with Gasteiger partial charge in [-0.1, -0.05) is 0 Å². The highest BCUT2D eigenvalue weighted by atomic mass is 32.2. The summed E-state index contributed by atoms with van der Waals surface area (Å²) in [4.78, 5) is 22.8. The van der Waals surface area contributed by atoms with Crippen LogP contribution in [0.15, 0.2) is 35.4 Å². The highest BCUT2D eigenvalue weighted by Crippen LogP contribution is 2.23. The molecule has 0 radical (unpaired) electrons. The van der Waals surface area contributed by atoms with E-state index in [1.54, 1.807) is 31.6 Å². The number of likely N-dealkylation sites (N-methyl/N-ethyl adjacent to an activating group) is 1. The molecular formula is C16H21N5O3S. The molecule has 1 aliphatic heterocycles. The molecule has 1 saturated heterocycles. The van der Waals surface area contributed by atoms with Gasteiger partial charge in [0.15, 0.2) is 0 Å². The van der Waals surface area contributed by atoms with Crippen molar-refractivity contribution in [3.8, 4) is 11.3 Å². The maximum atomic E-state index is 12.4. The Hall–Kier alpha value is -2.26. The predicted molar refractivity (Wildman–Crippen MR) is 95.9 cm³/mol. The molecule has 1 unspecified atom stereocenters. The molecule has 8 nitrogen and oxygen atoms in total. The third-order valence-electron chi connectivity index (χ3n) is 4.55. The average molecular weight is 363 g/mol. The lowest BCUT2D eigenvalue weighted by molar-refractivity contribution is 0.475. The first-order chi connectivity index (χ1) is 11.8. The van der Waals surface area contributed by atoms with Crippen LogP contribution in [-0.4, -0.2) is 59.7 Å². The van der Waals surface area contributed by atoms with Crippen LogP contribution in [-0.2, 0) is 17.1 Å². The summed E-state index contributed by atoms with van der Waals surface area (Å²) in [6, 6.07) is 5.06. The summed E-state index contributed by atoms with van der Waals surface area (Å²) in [6.45, 7) is 0.872. The van der Waals surface area contributed by atoms with Crippen molar-refractivity contribution in [3.63, 3.8) is 0 Å². The fourth-order valence-electron chi connectivity index (χ4n) is 3.00. The topological polar surface area (TPSA) is 88.4 Å². The first-order valence-corrected chi connectivity index (χ1v) is 9.78. The van der Waals surface area contributed by atoms with Crippen LogP contribution in [0, 0.1) is 0 Å². The Morgan fingerprint density at radius 2 is 1.96 bits per heavy atom. The molecule has 25 heavy (non-hydrogen) atoms. The normalized spacial score (nSPS) is 18.4. The number of pyridine rings is 1. The van der Waals surface area contributed by atoms with Gasteiger partial charge in [-0.25, -0.2) is 17.7 Å². The number of hydrogen-bond acceptors (Lipinski definition) is 6. The fraction of sp³-hybridized carbons (Fsp3) is 0.438. The van der Waals surface area contributed by atoms with Gasteiger partial charge in [0, 0.05) is 57.3 Å².